The minimum absolute atomic E-state index is 0.668. The van der Waals surface area contributed by atoms with E-state index in [-0.39, 0.29) is 0 Å². The molecule has 630 valence electrons. The van der Waals surface area contributed by atoms with E-state index in [1.54, 1.807) is 0 Å². The number of unbranched alkanes of at least 4 members (excludes halogenated alkanes) is 16. The summed E-state index contributed by atoms with van der Waals surface area (Å²) in [6, 6.07) is 101. The number of benzene rings is 12. The lowest BCUT2D eigenvalue weighted by Crippen LogP contribution is -2.12. The van der Waals surface area contributed by atoms with E-state index in [0.717, 1.165) is 142 Å². The number of nitrogens with zero attached hydrogens (tertiary/aromatic N) is 4. The van der Waals surface area contributed by atoms with Gasteiger partial charge >= 0.3 is 0 Å². The van der Waals surface area contributed by atoms with Crippen LogP contribution in [0.2, 0.25) is 0 Å². The molecular formula is C112H130Br2N4O3. The van der Waals surface area contributed by atoms with Crippen molar-refractivity contribution < 1.29 is 13.9 Å². The van der Waals surface area contributed by atoms with Crippen molar-refractivity contribution in [1.82, 2.24) is 0 Å². The van der Waals surface area contributed by atoms with Gasteiger partial charge in [0.15, 0.2) is 0 Å². The quantitative estimate of drug-likeness (QED) is 0.0352. The minimum Gasteiger partial charge on any atom is -0.492 e. The minimum atomic E-state index is 0.668. The fourth-order valence-electron chi connectivity index (χ4n) is 16.7. The van der Waals surface area contributed by atoms with E-state index in [1.165, 1.54) is 218 Å². The van der Waals surface area contributed by atoms with E-state index in [1.807, 2.05) is 12.1 Å². The van der Waals surface area contributed by atoms with Crippen molar-refractivity contribution in [2.45, 2.75) is 247 Å². The number of rotatable bonds is 50. The van der Waals surface area contributed by atoms with Crippen molar-refractivity contribution in [1.29, 1.82) is 0 Å². The normalized spacial score (nSPS) is 11.4. The predicted octanol–water partition coefficient (Wildman–Crippen LogP) is 35.0. The highest BCUT2D eigenvalue weighted by atomic mass is 79.9. The third kappa shape index (κ3) is 25.2. The molecule has 0 atom stereocenters. The Balaban J connectivity index is 0.550. The van der Waals surface area contributed by atoms with Crippen molar-refractivity contribution in [2.24, 2.45) is 0 Å². The zero-order chi connectivity index (χ0) is 83.8. The van der Waals surface area contributed by atoms with Gasteiger partial charge in [-0.1, -0.05) is 228 Å². The number of anilines is 12. The van der Waals surface area contributed by atoms with Gasteiger partial charge in [0.25, 0.3) is 0 Å². The van der Waals surface area contributed by atoms with Gasteiger partial charge in [0, 0.05) is 79.0 Å². The molecule has 13 aromatic rings. The molecule has 12 aromatic carbocycles. The first kappa shape index (κ1) is 89.0. The number of hydrogen-bond donors (Lipinski definition) is 0. The Bertz CT molecular complexity index is 4770. The molecule has 0 fully saturated rings. The third-order valence-corrected chi connectivity index (χ3v) is 25.3. The molecule has 13 rings (SSSR count). The van der Waals surface area contributed by atoms with Crippen LogP contribution in [0.1, 0.15) is 240 Å². The summed E-state index contributed by atoms with van der Waals surface area (Å²) < 4.78 is 21.2. The summed E-state index contributed by atoms with van der Waals surface area (Å²) in [6.07, 6.45) is 37.1. The van der Waals surface area contributed by atoms with E-state index >= 15 is 0 Å². The lowest BCUT2D eigenvalue weighted by atomic mass is 10.0. The summed E-state index contributed by atoms with van der Waals surface area (Å²) in [7, 11) is 0. The molecule has 0 aliphatic carbocycles. The van der Waals surface area contributed by atoms with Crippen LogP contribution < -0.4 is 29.1 Å². The first-order chi connectivity index (χ1) is 59.6. The predicted molar refractivity (Wildman–Crippen MR) is 526 cm³/mol. The lowest BCUT2D eigenvalue weighted by molar-refractivity contribution is 0.302. The molecule has 0 aliphatic heterocycles. The van der Waals surface area contributed by atoms with Crippen molar-refractivity contribution >= 4 is 122 Å². The Kier molecular flexibility index (Phi) is 34.6. The summed E-state index contributed by atoms with van der Waals surface area (Å²) in [5.41, 5.74) is 26.7. The molecule has 0 bridgehead atoms. The van der Waals surface area contributed by atoms with Crippen LogP contribution in [0.25, 0.3) is 21.9 Å². The standard InChI is InChI=1S/C112H130Br2N4O3/c1-7-13-31-85-39-55-93(56-40-85)115(94-57-41-86(42-58-94)32-14-8-2)101-71-75-103(76-72-101)117(97-63-47-89(48-64-97)35-17-11-5)99-67-51-91(52-68-99)37-27-23-19-21-25-29-79-119-111-81-105-106-82-112(108(114)84-110(106)121-109(105)83-107(111)113)120-80-30-26-22-20-24-28-38-92-53-69-100(70-54-92)118(98-65-49-90(50-66-98)36-18-12-6)104-77-73-102(74-78-104)116(95-59-43-87(44-60-95)33-15-9-3)96-61-45-88(46-62-96)34-16-10-4/h39-78,81-84H,7-38,79-80H2,1-6H3. The van der Waals surface area contributed by atoms with Crippen LogP contribution in [-0.4, -0.2) is 13.2 Å². The van der Waals surface area contributed by atoms with Crippen molar-refractivity contribution in [2.75, 3.05) is 32.8 Å². The van der Waals surface area contributed by atoms with Gasteiger partial charge in [-0.2, -0.15) is 0 Å². The molecule has 1 aromatic heterocycles. The van der Waals surface area contributed by atoms with Crippen molar-refractivity contribution in [3.05, 3.63) is 320 Å². The van der Waals surface area contributed by atoms with Gasteiger partial charge in [0.05, 0.1) is 22.2 Å². The maximum atomic E-state index is 6.48. The number of aryl methyl sites for hydroxylation is 8. The van der Waals surface area contributed by atoms with Crippen LogP contribution in [0, 0.1) is 0 Å². The maximum absolute atomic E-state index is 6.48. The Labute approximate surface area is 742 Å². The molecule has 0 spiro atoms. The number of halogens is 2. The van der Waals surface area contributed by atoms with Gasteiger partial charge in [0.2, 0.25) is 0 Å². The molecule has 0 saturated carbocycles. The monoisotopic (exact) mass is 1740 g/mol. The number of hydrogen-bond acceptors (Lipinski definition) is 7. The molecule has 7 nitrogen and oxygen atoms in total. The van der Waals surface area contributed by atoms with Crippen LogP contribution in [0.5, 0.6) is 11.5 Å². The van der Waals surface area contributed by atoms with Gasteiger partial charge < -0.3 is 33.5 Å². The van der Waals surface area contributed by atoms with Crippen LogP contribution >= 0.6 is 31.9 Å². The number of fused-ring (bicyclic) bond motifs is 3. The van der Waals surface area contributed by atoms with Gasteiger partial charge in [-0.3, -0.25) is 0 Å². The summed E-state index contributed by atoms with van der Waals surface area (Å²) in [5, 5.41) is 2.06. The zero-order valence-electron chi connectivity index (χ0n) is 73.2. The van der Waals surface area contributed by atoms with Gasteiger partial charge in [-0.25, -0.2) is 0 Å². The Morgan fingerprint density at radius 1 is 0.207 bits per heavy atom. The number of furan rings is 1. The fraction of sp³-hybridized carbons (Fsp3) is 0.357. The van der Waals surface area contributed by atoms with E-state index in [4.69, 9.17) is 13.9 Å². The molecule has 0 radical (unpaired) electrons. The summed E-state index contributed by atoms with van der Waals surface area (Å²) >= 11 is 7.62. The average molecular weight is 1740 g/mol. The van der Waals surface area contributed by atoms with Gasteiger partial charge in [-0.15, -0.1) is 0 Å². The topological polar surface area (TPSA) is 44.6 Å². The molecule has 0 saturated heterocycles. The maximum Gasteiger partial charge on any atom is 0.136 e. The first-order valence-electron chi connectivity index (χ1n) is 46.3. The molecule has 0 amide bonds. The molecule has 1 heterocycles. The fourth-order valence-corrected chi connectivity index (χ4v) is 17.6. The van der Waals surface area contributed by atoms with Crippen molar-refractivity contribution in [3.63, 3.8) is 0 Å². The molecule has 0 unspecified atom stereocenters. The van der Waals surface area contributed by atoms with E-state index in [9.17, 15) is 0 Å². The zero-order valence-corrected chi connectivity index (χ0v) is 76.4. The Morgan fingerprint density at radius 2 is 0.372 bits per heavy atom. The van der Waals surface area contributed by atoms with E-state index in [0.29, 0.717) is 13.2 Å². The summed E-state index contributed by atoms with van der Waals surface area (Å²) in [4.78, 5) is 9.65. The molecule has 0 aliphatic rings. The summed E-state index contributed by atoms with van der Waals surface area (Å²) in [5.74, 6) is 1.68. The Morgan fingerprint density at radius 3 is 0.562 bits per heavy atom. The second kappa shape index (κ2) is 47.0. The molecule has 9 heteroatoms. The second-order valence-corrected chi connectivity index (χ2v) is 35.1. The van der Waals surface area contributed by atoms with E-state index in [2.05, 4.69) is 348 Å². The molecule has 121 heavy (non-hydrogen) atoms. The molecule has 0 N–H and O–H groups in total. The lowest BCUT2D eigenvalue weighted by Gasteiger charge is -2.29. The van der Waals surface area contributed by atoms with Gasteiger partial charge in [0.1, 0.15) is 22.7 Å². The average Bonchev–Trinajstić information content (AvgIpc) is 1.71. The highest BCUT2D eigenvalue weighted by Crippen LogP contribution is 2.45. The van der Waals surface area contributed by atoms with Gasteiger partial charge in [-0.05, 0) is 362 Å². The smallest absolute Gasteiger partial charge is 0.136 e. The number of ether oxygens (including phenoxy) is 2. The van der Waals surface area contributed by atoms with Crippen molar-refractivity contribution in [3.8, 4) is 11.5 Å². The SMILES string of the molecule is CCCCc1ccc(N(c2ccc(CCCC)cc2)c2ccc(N(c3ccc(CCCC)cc3)c3ccc(CCCCCCCCOc4cc5c(cc4Br)oc4cc(Br)c(OCCCCCCCCc6ccc(N(c7ccc(CCCC)cc7)c7ccc(N(c8ccc(CCCC)cc8)c8ccc(CCCC)cc8)cc7)cc6)cc45)cc3)cc2)cc1. The third-order valence-electron chi connectivity index (χ3n) is 24.0. The molecular weight excluding hydrogens is 1610 g/mol. The van der Waals surface area contributed by atoms with Crippen LogP contribution in [0.4, 0.5) is 68.2 Å². The first-order valence-corrected chi connectivity index (χ1v) is 47.9. The van der Waals surface area contributed by atoms with Crippen LogP contribution in [0.15, 0.2) is 280 Å². The second-order valence-electron chi connectivity index (χ2n) is 33.4. The largest absolute Gasteiger partial charge is 0.492 e. The Hall–Kier alpha value is -9.80. The van der Waals surface area contributed by atoms with Crippen LogP contribution in [0.3, 0.4) is 0 Å². The highest BCUT2D eigenvalue weighted by molar-refractivity contribution is 9.11. The highest BCUT2D eigenvalue weighted by Gasteiger charge is 2.22. The van der Waals surface area contributed by atoms with Crippen LogP contribution in [-0.2, 0) is 51.4 Å². The van der Waals surface area contributed by atoms with E-state index < -0.39 is 0 Å². The summed E-state index contributed by atoms with van der Waals surface area (Å²) in [6.45, 7) is 14.9.